The van der Waals surface area contributed by atoms with E-state index in [2.05, 4.69) is 44.0 Å². The standard InChI is InChI=1S/C19H21NO2/c1-11-6-5-7-15-16(11)20(4)18-19(15,3)10-13-9-14(21)8-12(2)17(13)22-18/h5-9,18,21H,10H2,1-4H3. The molecule has 1 N–H and O–H groups in total. The zero-order valence-electron chi connectivity index (χ0n) is 13.5. The van der Waals surface area contributed by atoms with Crippen LogP contribution in [0.1, 0.15) is 29.2 Å². The second-order valence-electron chi connectivity index (χ2n) is 6.90. The molecule has 2 aliphatic rings. The Hall–Kier alpha value is -2.16. The Morgan fingerprint density at radius 1 is 1.23 bits per heavy atom. The smallest absolute Gasteiger partial charge is 0.182 e. The summed E-state index contributed by atoms with van der Waals surface area (Å²) in [5.74, 6) is 1.25. The third-order valence-corrected chi connectivity index (χ3v) is 5.23. The zero-order valence-corrected chi connectivity index (χ0v) is 13.5. The molecule has 2 aliphatic heterocycles. The number of aromatic hydroxyl groups is 1. The van der Waals surface area contributed by atoms with Crippen molar-refractivity contribution in [2.75, 3.05) is 11.9 Å². The van der Waals surface area contributed by atoms with Crippen LogP contribution >= 0.6 is 0 Å². The second-order valence-corrected chi connectivity index (χ2v) is 6.90. The Kier molecular flexibility index (Phi) is 2.57. The van der Waals surface area contributed by atoms with Gasteiger partial charge in [0.05, 0.1) is 5.41 Å². The number of aryl methyl sites for hydroxylation is 2. The van der Waals surface area contributed by atoms with E-state index >= 15 is 0 Å². The molecule has 2 atom stereocenters. The maximum absolute atomic E-state index is 9.92. The van der Waals surface area contributed by atoms with Gasteiger partial charge in [0.1, 0.15) is 11.5 Å². The third kappa shape index (κ3) is 1.57. The maximum atomic E-state index is 9.92. The van der Waals surface area contributed by atoms with E-state index in [0.717, 1.165) is 23.3 Å². The van der Waals surface area contributed by atoms with E-state index in [1.54, 1.807) is 6.07 Å². The van der Waals surface area contributed by atoms with Crippen molar-refractivity contribution in [3.05, 3.63) is 52.6 Å². The summed E-state index contributed by atoms with van der Waals surface area (Å²) in [6.07, 6.45) is 0.877. The summed E-state index contributed by atoms with van der Waals surface area (Å²) in [4.78, 5) is 2.26. The van der Waals surface area contributed by atoms with Crippen molar-refractivity contribution in [1.29, 1.82) is 0 Å². The Labute approximate surface area is 131 Å². The van der Waals surface area contributed by atoms with Crippen LogP contribution in [0.5, 0.6) is 11.5 Å². The van der Waals surface area contributed by atoms with E-state index in [9.17, 15) is 5.11 Å². The summed E-state index contributed by atoms with van der Waals surface area (Å²) in [6, 6.07) is 10.1. The number of phenols is 1. The number of hydrogen-bond donors (Lipinski definition) is 1. The molecule has 0 saturated heterocycles. The first-order valence-corrected chi connectivity index (χ1v) is 7.74. The van der Waals surface area contributed by atoms with E-state index in [1.165, 1.54) is 16.8 Å². The lowest BCUT2D eigenvalue weighted by Gasteiger charge is -2.40. The fourth-order valence-corrected chi connectivity index (χ4v) is 4.29. The van der Waals surface area contributed by atoms with Crippen LogP contribution in [0.3, 0.4) is 0 Å². The summed E-state index contributed by atoms with van der Waals surface area (Å²) in [7, 11) is 2.11. The van der Waals surface area contributed by atoms with Crippen LogP contribution < -0.4 is 9.64 Å². The Morgan fingerprint density at radius 3 is 2.77 bits per heavy atom. The van der Waals surface area contributed by atoms with Gasteiger partial charge in [-0.1, -0.05) is 18.2 Å². The third-order valence-electron chi connectivity index (χ3n) is 5.23. The van der Waals surface area contributed by atoms with Gasteiger partial charge >= 0.3 is 0 Å². The van der Waals surface area contributed by atoms with Crippen LogP contribution in [-0.2, 0) is 11.8 Å². The molecule has 2 aromatic carbocycles. The number of rotatable bonds is 0. The minimum atomic E-state index is -0.0939. The molecule has 0 saturated carbocycles. The molecule has 2 unspecified atom stereocenters. The number of para-hydroxylation sites is 1. The molecule has 114 valence electrons. The minimum Gasteiger partial charge on any atom is -0.508 e. The van der Waals surface area contributed by atoms with Crippen molar-refractivity contribution in [2.45, 2.75) is 38.8 Å². The molecule has 2 aromatic rings. The molecule has 3 heteroatoms. The van der Waals surface area contributed by atoms with E-state index in [-0.39, 0.29) is 11.6 Å². The van der Waals surface area contributed by atoms with Gasteiger partial charge < -0.3 is 14.7 Å². The predicted octanol–water partition coefficient (Wildman–Crippen LogP) is 3.68. The molecule has 0 radical (unpaired) electrons. The normalized spacial score (nSPS) is 25.3. The number of likely N-dealkylation sites (N-methyl/N-ethyl adjacent to an activating group) is 1. The fourth-order valence-electron chi connectivity index (χ4n) is 4.29. The number of ether oxygens (including phenoxy) is 1. The number of hydrogen-bond acceptors (Lipinski definition) is 3. The number of fused-ring (bicyclic) bond motifs is 4. The van der Waals surface area contributed by atoms with Crippen LogP contribution in [0.4, 0.5) is 5.69 Å². The molecule has 2 heterocycles. The molecule has 22 heavy (non-hydrogen) atoms. The van der Waals surface area contributed by atoms with Crippen molar-refractivity contribution in [2.24, 2.45) is 0 Å². The van der Waals surface area contributed by atoms with Gasteiger partial charge in [0.25, 0.3) is 0 Å². The molecule has 0 spiro atoms. The zero-order chi connectivity index (χ0) is 15.6. The molecule has 0 aromatic heterocycles. The van der Waals surface area contributed by atoms with Crippen molar-refractivity contribution < 1.29 is 9.84 Å². The lowest BCUT2D eigenvalue weighted by atomic mass is 9.75. The van der Waals surface area contributed by atoms with Gasteiger partial charge in [-0.15, -0.1) is 0 Å². The molecular weight excluding hydrogens is 274 g/mol. The summed E-state index contributed by atoms with van der Waals surface area (Å²) >= 11 is 0. The summed E-state index contributed by atoms with van der Waals surface area (Å²) < 4.78 is 6.41. The Bertz CT molecular complexity index is 783. The molecular formula is C19H21NO2. The first-order chi connectivity index (χ1) is 10.4. The minimum absolute atomic E-state index is 0.000608. The van der Waals surface area contributed by atoms with Gasteiger partial charge in [0.15, 0.2) is 6.23 Å². The number of phenolic OH excluding ortho intramolecular Hbond substituents is 1. The molecule has 0 aliphatic carbocycles. The average Bonchev–Trinajstić information content (AvgIpc) is 2.66. The van der Waals surface area contributed by atoms with E-state index in [4.69, 9.17) is 4.74 Å². The SMILES string of the molecule is Cc1cc(O)cc2c1OC1N(C)c3c(C)cccc3C1(C)C2. The summed E-state index contributed by atoms with van der Waals surface area (Å²) in [5, 5.41) is 9.92. The summed E-state index contributed by atoms with van der Waals surface area (Å²) in [6.45, 7) is 6.41. The van der Waals surface area contributed by atoms with Crippen molar-refractivity contribution in [3.8, 4) is 11.5 Å². The van der Waals surface area contributed by atoms with Crippen LogP contribution in [-0.4, -0.2) is 18.4 Å². The topological polar surface area (TPSA) is 32.7 Å². The van der Waals surface area contributed by atoms with Gasteiger partial charge in [-0.05, 0) is 61.6 Å². The highest BCUT2D eigenvalue weighted by atomic mass is 16.5. The Morgan fingerprint density at radius 2 is 2.00 bits per heavy atom. The largest absolute Gasteiger partial charge is 0.508 e. The van der Waals surface area contributed by atoms with Crippen LogP contribution in [0.15, 0.2) is 30.3 Å². The first kappa shape index (κ1) is 13.5. The second kappa shape index (κ2) is 4.19. The van der Waals surface area contributed by atoms with E-state index in [1.807, 2.05) is 13.0 Å². The van der Waals surface area contributed by atoms with Crippen molar-refractivity contribution in [1.82, 2.24) is 0 Å². The molecule has 0 bridgehead atoms. The van der Waals surface area contributed by atoms with Crippen LogP contribution in [0.25, 0.3) is 0 Å². The Balaban J connectivity index is 1.92. The highest BCUT2D eigenvalue weighted by Crippen LogP contribution is 2.52. The maximum Gasteiger partial charge on any atom is 0.182 e. The quantitative estimate of drug-likeness (QED) is 0.805. The number of nitrogens with zero attached hydrogens (tertiary/aromatic N) is 1. The molecule has 0 amide bonds. The average molecular weight is 295 g/mol. The molecule has 4 rings (SSSR count). The fraction of sp³-hybridized carbons (Fsp3) is 0.368. The van der Waals surface area contributed by atoms with Crippen LogP contribution in [0, 0.1) is 13.8 Å². The van der Waals surface area contributed by atoms with Crippen molar-refractivity contribution in [3.63, 3.8) is 0 Å². The summed E-state index contributed by atoms with van der Waals surface area (Å²) in [5.41, 5.74) is 5.90. The molecule has 0 fully saturated rings. The lowest BCUT2D eigenvalue weighted by Crippen LogP contribution is -2.49. The first-order valence-electron chi connectivity index (χ1n) is 7.74. The molecule has 3 nitrogen and oxygen atoms in total. The predicted molar refractivity (Wildman–Crippen MR) is 87.9 cm³/mol. The van der Waals surface area contributed by atoms with E-state index < -0.39 is 0 Å². The monoisotopic (exact) mass is 295 g/mol. The van der Waals surface area contributed by atoms with Crippen molar-refractivity contribution >= 4 is 5.69 Å². The van der Waals surface area contributed by atoms with Gasteiger partial charge in [0, 0.05) is 12.7 Å². The lowest BCUT2D eigenvalue weighted by molar-refractivity contribution is 0.107. The highest BCUT2D eigenvalue weighted by molar-refractivity contribution is 5.69. The van der Waals surface area contributed by atoms with Crippen LogP contribution in [0.2, 0.25) is 0 Å². The van der Waals surface area contributed by atoms with Gasteiger partial charge in [-0.2, -0.15) is 0 Å². The van der Waals surface area contributed by atoms with E-state index in [0.29, 0.717) is 5.75 Å². The van der Waals surface area contributed by atoms with Gasteiger partial charge in [-0.3, -0.25) is 0 Å². The van der Waals surface area contributed by atoms with Gasteiger partial charge in [0.2, 0.25) is 0 Å². The highest BCUT2D eigenvalue weighted by Gasteiger charge is 2.51. The van der Waals surface area contributed by atoms with Gasteiger partial charge in [-0.25, -0.2) is 0 Å². The number of anilines is 1. The number of benzene rings is 2.